The highest BCUT2D eigenvalue weighted by Crippen LogP contribution is 2.08. The van der Waals surface area contributed by atoms with Crippen molar-refractivity contribution in [2.75, 3.05) is 0 Å². The lowest BCUT2D eigenvalue weighted by Gasteiger charge is -2.01. The summed E-state index contributed by atoms with van der Waals surface area (Å²) in [4.78, 5) is 10.8. The normalized spacial score (nSPS) is 10.2. The molecule has 0 saturated heterocycles. The molecule has 0 spiro atoms. The number of rotatable bonds is 2. The molecule has 2 N–H and O–H groups in total. The van der Waals surface area contributed by atoms with Crippen LogP contribution in [-0.2, 0) is 0 Å². The minimum absolute atomic E-state index is 0.449. The van der Waals surface area contributed by atoms with Gasteiger partial charge < -0.3 is 5.73 Å². The molecule has 6 heteroatoms. The van der Waals surface area contributed by atoms with Crippen molar-refractivity contribution in [3.8, 4) is 5.69 Å². The Morgan fingerprint density at radius 1 is 1.33 bits per heavy atom. The van der Waals surface area contributed by atoms with E-state index >= 15 is 0 Å². The monoisotopic (exact) mass is 203 g/mol. The van der Waals surface area contributed by atoms with E-state index in [4.69, 9.17) is 5.73 Å². The average molecular weight is 203 g/mol. The van der Waals surface area contributed by atoms with E-state index in [1.807, 2.05) is 0 Å². The second-order valence-corrected chi connectivity index (χ2v) is 3.05. The van der Waals surface area contributed by atoms with Crippen LogP contribution in [0, 0.1) is 6.92 Å². The molecule has 1 amide bonds. The number of nitrogens with zero attached hydrogens (tertiary/aromatic N) is 4. The van der Waals surface area contributed by atoms with E-state index in [-0.39, 0.29) is 0 Å². The van der Waals surface area contributed by atoms with Crippen molar-refractivity contribution < 1.29 is 4.79 Å². The van der Waals surface area contributed by atoms with E-state index in [0.717, 1.165) is 5.69 Å². The van der Waals surface area contributed by atoms with E-state index in [0.29, 0.717) is 11.4 Å². The third kappa shape index (κ3) is 1.69. The van der Waals surface area contributed by atoms with Crippen LogP contribution in [-0.4, -0.2) is 26.1 Å². The maximum atomic E-state index is 10.8. The molecule has 0 aliphatic carbocycles. The molecule has 2 rings (SSSR count). The molecule has 0 radical (unpaired) electrons. The number of aryl methyl sites for hydroxylation is 1. The molecule has 0 unspecified atom stereocenters. The summed E-state index contributed by atoms with van der Waals surface area (Å²) in [6.07, 6.45) is 0. The van der Waals surface area contributed by atoms with Crippen LogP contribution < -0.4 is 5.73 Å². The summed E-state index contributed by atoms with van der Waals surface area (Å²) in [5.74, 6) is 0.233. The van der Waals surface area contributed by atoms with E-state index in [1.54, 1.807) is 35.9 Å². The summed E-state index contributed by atoms with van der Waals surface area (Å²) >= 11 is 0. The largest absolute Gasteiger partial charge is 0.366 e. The van der Waals surface area contributed by atoms with Crippen LogP contribution in [0.2, 0.25) is 0 Å². The molecule has 0 atom stereocenters. The zero-order valence-corrected chi connectivity index (χ0v) is 8.08. The van der Waals surface area contributed by atoms with Crippen molar-refractivity contribution in [2.45, 2.75) is 6.92 Å². The summed E-state index contributed by atoms with van der Waals surface area (Å²) in [6, 6.07) is 6.75. The highest BCUT2D eigenvalue weighted by molar-refractivity contribution is 5.92. The van der Waals surface area contributed by atoms with Gasteiger partial charge in [0.2, 0.25) is 5.91 Å². The fourth-order valence-corrected chi connectivity index (χ4v) is 1.24. The Morgan fingerprint density at radius 3 is 2.47 bits per heavy atom. The molecule has 0 aliphatic rings. The summed E-state index contributed by atoms with van der Waals surface area (Å²) in [6.45, 7) is 1.79. The maximum absolute atomic E-state index is 10.8. The van der Waals surface area contributed by atoms with Gasteiger partial charge >= 0.3 is 0 Å². The molecule has 0 fully saturated rings. The van der Waals surface area contributed by atoms with Crippen molar-refractivity contribution in [1.29, 1.82) is 0 Å². The molecule has 6 nitrogen and oxygen atoms in total. The van der Waals surface area contributed by atoms with Gasteiger partial charge in [0.25, 0.3) is 0 Å². The number of nitrogens with two attached hydrogens (primary N) is 1. The lowest BCUT2D eigenvalue weighted by atomic mass is 10.2. The zero-order chi connectivity index (χ0) is 10.8. The lowest BCUT2D eigenvalue weighted by Crippen LogP contribution is -2.10. The summed E-state index contributed by atoms with van der Waals surface area (Å²) in [5.41, 5.74) is 6.38. The smallest absolute Gasteiger partial charge is 0.248 e. The van der Waals surface area contributed by atoms with Crippen molar-refractivity contribution in [2.24, 2.45) is 5.73 Å². The Bertz CT molecular complexity index is 487. The van der Waals surface area contributed by atoms with Gasteiger partial charge in [0.1, 0.15) is 0 Å². The Balaban J connectivity index is 2.40. The molecule has 1 heterocycles. The number of benzene rings is 1. The highest BCUT2D eigenvalue weighted by Gasteiger charge is 2.04. The first kappa shape index (κ1) is 9.32. The Kier molecular flexibility index (Phi) is 2.17. The van der Waals surface area contributed by atoms with Gasteiger partial charge in [0.15, 0.2) is 5.82 Å². The van der Waals surface area contributed by atoms with Crippen LogP contribution in [0.1, 0.15) is 16.2 Å². The average Bonchev–Trinajstić information content (AvgIpc) is 2.65. The summed E-state index contributed by atoms with van der Waals surface area (Å²) in [5, 5.41) is 11.1. The minimum atomic E-state index is -0.449. The second-order valence-electron chi connectivity index (χ2n) is 3.05. The van der Waals surface area contributed by atoms with Gasteiger partial charge in [-0.3, -0.25) is 4.79 Å². The van der Waals surface area contributed by atoms with Gasteiger partial charge in [-0.25, -0.2) is 0 Å². The van der Waals surface area contributed by atoms with Gasteiger partial charge in [-0.05, 0) is 41.6 Å². The number of hydrogen-bond donors (Lipinski definition) is 1. The standard InChI is InChI=1S/C9H9N5O/c1-6-11-12-13-14(6)8-4-2-7(3-5-8)9(10)15/h2-5H,1H3,(H2,10,15). The topological polar surface area (TPSA) is 86.7 Å². The molecule has 0 aliphatic heterocycles. The number of primary amides is 1. The second kappa shape index (κ2) is 3.49. The van der Waals surface area contributed by atoms with Crippen molar-refractivity contribution in [3.05, 3.63) is 35.7 Å². The summed E-state index contributed by atoms with van der Waals surface area (Å²) < 4.78 is 1.57. The maximum Gasteiger partial charge on any atom is 0.248 e. The Hall–Kier alpha value is -2.24. The SMILES string of the molecule is Cc1nnnn1-c1ccc(C(N)=O)cc1. The van der Waals surface area contributed by atoms with Crippen LogP contribution >= 0.6 is 0 Å². The zero-order valence-electron chi connectivity index (χ0n) is 8.08. The Morgan fingerprint density at radius 2 is 2.00 bits per heavy atom. The number of amides is 1. The molecule has 1 aromatic heterocycles. The highest BCUT2D eigenvalue weighted by atomic mass is 16.1. The van der Waals surface area contributed by atoms with Gasteiger partial charge in [0, 0.05) is 5.56 Å². The van der Waals surface area contributed by atoms with E-state index in [1.165, 1.54) is 0 Å². The van der Waals surface area contributed by atoms with Crippen LogP contribution in [0.5, 0.6) is 0 Å². The quantitative estimate of drug-likeness (QED) is 0.748. The van der Waals surface area contributed by atoms with E-state index < -0.39 is 5.91 Å². The Labute approximate surface area is 85.7 Å². The van der Waals surface area contributed by atoms with Crippen LogP contribution in [0.15, 0.2) is 24.3 Å². The fourth-order valence-electron chi connectivity index (χ4n) is 1.24. The number of carbonyl (C=O) groups is 1. The summed E-state index contributed by atoms with van der Waals surface area (Å²) in [7, 11) is 0. The minimum Gasteiger partial charge on any atom is -0.366 e. The molecular weight excluding hydrogens is 194 g/mol. The number of carbonyl (C=O) groups excluding carboxylic acids is 1. The molecule has 0 saturated carbocycles. The first-order valence-corrected chi connectivity index (χ1v) is 4.33. The predicted molar refractivity (Wildman–Crippen MR) is 52.4 cm³/mol. The molecule has 0 bridgehead atoms. The molecule has 76 valence electrons. The third-order valence-corrected chi connectivity index (χ3v) is 2.02. The van der Waals surface area contributed by atoms with Crippen LogP contribution in [0.25, 0.3) is 5.69 Å². The molecule has 15 heavy (non-hydrogen) atoms. The number of hydrogen-bond acceptors (Lipinski definition) is 4. The van der Waals surface area contributed by atoms with Crippen LogP contribution in [0.3, 0.4) is 0 Å². The predicted octanol–water partition coefficient (Wildman–Crippen LogP) is 0.0696. The lowest BCUT2D eigenvalue weighted by molar-refractivity contribution is 0.100. The van der Waals surface area contributed by atoms with Gasteiger partial charge in [-0.15, -0.1) is 5.10 Å². The van der Waals surface area contributed by atoms with Gasteiger partial charge in [0.05, 0.1) is 5.69 Å². The fraction of sp³-hybridized carbons (Fsp3) is 0.111. The van der Waals surface area contributed by atoms with Crippen molar-refractivity contribution in [3.63, 3.8) is 0 Å². The first-order chi connectivity index (χ1) is 7.18. The van der Waals surface area contributed by atoms with E-state index in [9.17, 15) is 4.79 Å². The van der Waals surface area contributed by atoms with Crippen molar-refractivity contribution >= 4 is 5.91 Å². The third-order valence-electron chi connectivity index (χ3n) is 2.02. The van der Waals surface area contributed by atoms with Gasteiger partial charge in [-0.1, -0.05) is 0 Å². The molecular formula is C9H9N5O. The number of tetrazole rings is 1. The van der Waals surface area contributed by atoms with Gasteiger partial charge in [-0.2, -0.15) is 4.68 Å². The van der Waals surface area contributed by atoms with Crippen LogP contribution in [0.4, 0.5) is 0 Å². The molecule has 1 aromatic carbocycles. The molecule has 2 aromatic rings. The first-order valence-electron chi connectivity index (χ1n) is 4.33. The number of aromatic nitrogens is 4. The van der Waals surface area contributed by atoms with Crippen molar-refractivity contribution in [1.82, 2.24) is 20.2 Å². The van der Waals surface area contributed by atoms with E-state index in [2.05, 4.69) is 15.5 Å².